The average molecular weight is 414 g/mol. The molecule has 2 aliphatic rings. The normalized spacial score (nSPS) is 20.2. The molecule has 2 aromatic rings. The first-order chi connectivity index (χ1) is 12.6. The number of fused-ring (bicyclic) bond motifs is 5. The van der Waals surface area contributed by atoms with Crippen LogP contribution in [-0.4, -0.2) is 26.2 Å². The topological polar surface area (TPSA) is 55.8 Å². The summed E-state index contributed by atoms with van der Waals surface area (Å²) in [4.78, 5) is 27.2. The molecular formula is C20H16BrNO4. The molecule has 5 nitrogen and oxygen atoms in total. The van der Waals surface area contributed by atoms with Crippen molar-refractivity contribution in [2.45, 2.75) is 12.1 Å². The van der Waals surface area contributed by atoms with E-state index in [1.807, 2.05) is 48.5 Å². The van der Waals surface area contributed by atoms with Crippen molar-refractivity contribution < 1.29 is 19.1 Å². The first kappa shape index (κ1) is 16.8. The van der Waals surface area contributed by atoms with Crippen molar-refractivity contribution in [2.24, 2.45) is 0 Å². The van der Waals surface area contributed by atoms with Gasteiger partial charge in [-0.1, -0.05) is 40.2 Å². The Balaban J connectivity index is 1.94. The molecule has 0 aliphatic carbocycles. The lowest BCUT2D eigenvalue weighted by atomic mass is 9.86. The van der Waals surface area contributed by atoms with Crippen LogP contribution in [0.15, 0.2) is 64.1 Å². The van der Waals surface area contributed by atoms with Crippen molar-refractivity contribution in [3.8, 4) is 0 Å². The summed E-state index contributed by atoms with van der Waals surface area (Å²) >= 11 is 3.44. The van der Waals surface area contributed by atoms with Gasteiger partial charge in [0.15, 0.2) is 0 Å². The van der Waals surface area contributed by atoms with Crippen LogP contribution < -0.4 is 4.90 Å². The van der Waals surface area contributed by atoms with Crippen LogP contribution >= 0.6 is 15.9 Å². The van der Waals surface area contributed by atoms with Gasteiger partial charge in [0.25, 0.3) is 0 Å². The molecule has 0 saturated carbocycles. The molecule has 26 heavy (non-hydrogen) atoms. The quantitative estimate of drug-likeness (QED) is 0.717. The number of hydrogen-bond acceptors (Lipinski definition) is 5. The molecule has 132 valence electrons. The zero-order valence-corrected chi connectivity index (χ0v) is 15.8. The van der Waals surface area contributed by atoms with Gasteiger partial charge in [0.2, 0.25) is 0 Å². The molecule has 2 aliphatic heterocycles. The summed E-state index contributed by atoms with van der Waals surface area (Å²) in [7, 11) is 2.65. The van der Waals surface area contributed by atoms with Crippen molar-refractivity contribution in [1.29, 1.82) is 0 Å². The number of hydrogen-bond donors (Lipinski definition) is 0. The van der Waals surface area contributed by atoms with Gasteiger partial charge in [0.05, 0.1) is 37.4 Å². The highest BCUT2D eigenvalue weighted by atomic mass is 79.9. The maximum absolute atomic E-state index is 12.6. The highest BCUT2D eigenvalue weighted by Gasteiger charge is 2.54. The van der Waals surface area contributed by atoms with Gasteiger partial charge in [0, 0.05) is 10.2 Å². The highest BCUT2D eigenvalue weighted by molar-refractivity contribution is 9.10. The molecule has 0 aromatic heterocycles. The van der Waals surface area contributed by atoms with Gasteiger partial charge in [-0.25, -0.2) is 9.59 Å². The number of halogens is 1. The molecule has 0 fully saturated rings. The van der Waals surface area contributed by atoms with Crippen LogP contribution in [0.4, 0.5) is 5.69 Å². The Kier molecular flexibility index (Phi) is 4.07. The smallest absolute Gasteiger partial charge is 0.336 e. The minimum atomic E-state index is -0.505. The predicted octanol–water partition coefficient (Wildman–Crippen LogP) is 3.71. The second kappa shape index (κ2) is 6.29. The van der Waals surface area contributed by atoms with Crippen LogP contribution in [0, 0.1) is 0 Å². The maximum atomic E-state index is 12.6. The Hall–Kier alpha value is -2.60. The monoisotopic (exact) mass is 413 g/mol. The van der Waals surface area contributed by atoms with Gasteiger partial charge in [-0.05, 0) is 35.4 Å². The number of carbonyl (C=O) groups is 2. The van der Waals surface area contributed by atoms with E-state index in [1.165, 1.54) is 14.2 Å². The van der Waals surface area contributed by atoms with Gasteiger partial charge < -0.3 is 14.4 Å². The molecular weight excluding hydrogens is 398 g/mol. The van der Waals surface area contributed by atoms with Gasteiger partial charge in [-0.2, -0.15) is 0 Å². The lowest BCUT2D eigenvalue weighted by molar-refractivity contribution is -0.139. The Labute approximate surface area is 159 Å². The summed E-state index contributed by atoms with van der Waals surface area (Å²) < 4.78 is 10.9. The van der Waals surface area contributed by atoms with Gasteiger partial charge >= 0.3 is 11.9 Å². The van der Waals surface area contributed by atoms with Crippen LogP contribution in [0.3, 0.4) is 0 Å². The van der Waals surface area contributed by atoms with E-state index in [-0.39, 0.29) is 12.1 Å². The van der Waals surface area contributed by atoms with E-state index >= 15 is 0 Å². The number of methoxy groups -OCH3 is 2. The van der Waals surface area contributed by atoms with Gasteiger partial charge in [-0.15, -0.1) is 0 Å². The second-order valence-corrected chi connectivity index (χ2v) is 7.04. The van der Waals surface area contributed by atoms with E-state index in [1.54, 1.807) is 0 Å². The van der Waals surface area contributed by atoms with Gasteiger partial charge in [0.1, 0.15) is 0 Å². The summed E-state index contributed by atoms with van der Waals surface area (Å²) in [6, 6.07) is 14.9. The average Bonchev–Trinajstić information content (AvgIpc) is 3.19. The Bertz CT molecular complexity index is 882. The number of rotatable bonds is 3. The van der Waals surface area contributed by atoms with Crippen molar-refractivity contribution >= 4 is 33.6 Å². The van der Waals surface area contributed by atoms with Crippen LogP contribution in [0.1, 0.15) is 23.2 Å². The molecule has 4 rings (SSSR count). The first-order valence-corrected chi connectivity index (χ1v) is 8.91. The molecule has 2 bridgehead atoms. The Morgan fingerprint density at radius 3 is 1.73 bits per heavy atom. The summed E-state index contributed by atoms with van der Waals surface area (Å²) in [6.07, 6.45) is 0. The van der Waals surface area contributed by atoms with Crippen LogP contribution in [0.2, 0.25) is 0 Å². The summed E-state index contributed by atoms with van der Waals surface area (Å²) in [5.74, 6) is -1.01. The number of carbonyl (C=O) groups excluding carboxylic acids is 2. The molecule has 2 atom stereocenters. The number of anilines is 1. The van der Waals surface area contributed by atoms with Crippen molar-refractivity contribution in [2.75, 3.05) is 19.1 Å². The van der Waals surface area contributed by atoms with Crippen LogP contribution in [0.5, 0.6) is 0 Å². The summed E-state index contributed by atoms with van der Waals surface area (Å²) in [5.41, 5.74) is 3.64. The fourth-order valence-corrected chi connectivity index (χ4v) is 4.18. The number of esters is 2. The summed E-state index contributed by atoms with van der Waals surface area (Å²) in [5, 5.41) is 0. The maximum Gasteiger partial charge on any atom is 0.336 e. The minimum Gasteiger partial charge on any atom is -0.466 e. The van der Waals surface area contributed by atoms with Crippen molar-refractivity contribution in [3.63, 3.8) is 0 Å². The number of nitrogens with zero attached hydrogens (tertiary/aromatic N) is 1. The second-order valence-electron chi connectivity index (χ2n) is 6.13. The molecule has 0 amide bonds. The number of benzene rings is 2. The largest absolute Gasteiger partial charge is 0.466 e. The third-order valence-electron chi connectivity index (χ3n) is 4.91. The Morgan fingerprint density at radius 2 is 1.31 bits per heavy atom. The zero-order chi connectivity index (χ0) is 18.4. The molecule has 0 N–H and O–H groups in total. The zero-order valence-electron chi connectivity index (χ0n) is 14.2. The molecule has 0 saturated heterocycles. The lowest BCUT2D eigenvalue weighted by Crippen LogP contribution is -2.23. The molecule has 0 spiro atoms. The van der Waals surface area contributed by atoms with Gasteiger partial charge in [-0.3, -0.25) is 0 Å². The van der Waals surface area contributed by atoms with Crippen LogP contribution in [-0.2, 0) is 19.1 Å². The Morgan fingerprint density at radius 1 is 0.846 bits per heavy atom. The number of ether oxygens (including phenoxy) is 2. The minimum absolute atomic E-state index is 0.353. The summed E-state index contributed by atoms with van der Waals surface area (Å²) in [6.45, 7) is 0. The van der Waals surface area contributed by atoms with E-state index < -0.39 is 11.9 Å². The lowest BCUT2D eigenvalue weighted by Gasteiger charge is -2.26. The molecule has 2 heterocycles. The predicted molar refractivity (Wildman–Crippen MR) is 99.6 cm³/mol. The molecule has 0 radical (unpaired) electrons. The van der Waals surface area contributed by atoms with E-state index in [0.717, 1.165) is 21.3 Å². The van der Waals surface area contributed by atoms with Crippen molar-refractivity contribution in [3.05, 3.63) is 75.3 Å². The molecule has 0 unspecified atom stereocenters. The first-order valence-electron chi connectivity index (χ1n) is 8.12. The third kappa shape index (κ3) is 2.29. The third-order valence-corrected chi connectivity index (χ3v) is 5.44. The standard InChI is InChI=1S/C20H16BrNO4/c1-25-19(23)15-16(20(24)26-2)18-14-6-4-3-5-13(14)17(15)22(18)12-9-7-11(21)8-10-12/h3-10,17-18H,1-2H3/t17-,18+. The fourth-order valence-electron chi connectivity index (χ4n) is 3.92. The SMILES string of the molecule is COC(=O)C1=C(C(=O)OC)[C@H]2c3ccccc3[C@@H]1N2c1ccc(Br)cc1. The highest BCUT2D eigenvalue weighted by Crippen LogP contribution is 2.58. The molecule has 2 aromatic carbocycles. The van der Waals surface area contributed by atoms with E-state index in [2.05, 4.69) is 20.8 Å². The van der Waals surface area contributed by atoms with E-state index in [9.17, 15) is 9.59 Å². The molecule has 6 heteroatoms. The van der Waals surface area contributed by atoms with E-state index in [4.69, 9.17) is 9.47 Å². The van der Waals surface area contributed by atoms with Crippen LogP contribution in [0.25, 0.3) is 0 Å². The van der Waals surface area contributed by atoms with Crippen molar-refractivity contribution in [1.82, 2.24) is 0 Å². The van der Waals surface area contributed by atoms with E-state index in [0.29, 0.717) is 11.1 Å². The fraction of sp³-hybridized carbons (Fsp3) is 0.200.